The largest absolute Gasteiger partial charge is 0.452 e. The molecule has 0 bridgehead atoms. The van der Waals surface area contributed by atoms with Crippen LogP contribution in [0.4, 0.5) is 8.78 Å². The van der Waals surface area contributed by atoms with Gasteiger partial charge in [0.2, 0.25) is 0 Å². The number of hydrogen-bond donors (Lipinski definition) is 1. The summed E-state index contributed by atoms with van der Waals surface area (Å²) in [7, 11) is 0. The number of benzene rings is 2. The first-order chi connectivity index (χ1) is 11.5. The number of nitrogens with one attached hydrogen (secondary N) is 1. The van der Waals surface area contributed by atoms with Gasteiger partial charge in [-0.2, -0.15) is 0 Å². The summed E-state index contributed by atoms with van der Waals surface area (Å²) < 4.78 is 30.8. The molecule has 0 aliphatic carbocycles. The van der Waals surface area contributed by atoms with Crippen molar-refractivity contribution < 1.29 is 23.1 Å². The maximum Gasteiger partial charge on any atom is 0.340 e. The van der Waals surface area contributed by atoms with E-state index < -0.39 is 30.1 Å². The Hall–Kier alpha value is -2.47. The van der Waals surface area contributed by atoms with E-state index >= 15 is 0 Å². The van der Waals surface area contributed by atoms with Crippen LogP contribution in [0.1, 0.15) is 15.9 Å². The molecule has 1 amide bonds. The summed E-state index contributed by atoms with van der Waals surface area (Å²) in [6, 6.07) is 10.8. The molecule has 0 unspecified atom stereocenters. The summed E-state index contributed by atoms with van der Waals surface area (Å²) in [5.41, 5.74) is 0.719. The lowest BCUT2D eigenvalue weighted by molar-refractivity contribution is -0.124. The van der Waals surface area contributed by atoms with Gasteiger partial charge >= 0.3 is 5.97 Å². The van der Waals surface area contributed by atoms with Crippen LogP contribution in [0.5, 0.6) is 0 Å². The number of ether oxygens (including phenoxy) is 1. The van der Waals surface area contributed by atoms with Crippen LogP contribution in [0.15, 0.2) is 42.5 Å². The third-order valence-electron chi connectivity index (χ3n) is 3.14. The van der Waals surface area contributed by atoms with E-state index in [9.17, 15) is 18.4 Å². The summed E-state index contributed by atoms with van der Waals surface area (Å²) >= 11 is 5.66. The van der Waals surface area contributed by atoms with Crippen LogP contribution in [0.25, 0.3) is 0 Å². The van der Waals surface area contributed by atoms with Gasteiger partial charge in [-0.15, -0.1) is 0 Å². The molecule has 0 saturated heterocycles. The number of esters is 1. The molecule has 1 N–H and O–H groups in total. The molecule has 0 atom stereocenters. The molecule has 24 heavy (non-hydrogen) atoms. The summed E-state index contributed by atoms with van der Waals surface area (Å²) in [6.07, 6.45) is 0.634. The van der Waals surface area contributed by atoms with Crippen LogP contribution >= 0.6 is 11.6 Å². The molecule has 2 aromatic rings. The third kappa shape index (κ3) is 5.03. The Labute approximate surface area is 142 Å². The molecule has 0 spiro atoms. The molecule has 7 heteroatoms. The lowest BCUT2D eigenvalue weighted by atomic mass is 10.1. The van der Waals surface area contributed by atoms with Crippen LogP contribution in [0.3, 0.4) is 0 Å². The lowest BCUT2D eigenvalue weighted by Crippen LogP contribution is -2.30. The monoisotopic (exact) mass is 353 g/mol. The SMILES string of the molecule is O=C(COC(=O)c1cc(F)c(F)cc1Cl)NCCc1ccccc1. The van der Waals surface area contributed by atoms with Gasteiger partial charge in [0.25, 0.3) is 5.91 Å². The normalized spacial score (nSPS) is 10.3. The van der Waals surface area contributed by atoms with Gasteiger partial charge in [-0.05, 0) is 24.1 Å². The van der Waals surface area contributed by atoms with Gasteiger partial charge < -0.3 is 10.1 Å². The highest BCUT2D eigenvalue weighted by Gasteiger charge is 2.17. The van der Waals surface area contributed by atoms with Gasteiger partial charge in [-0.25, -0.2) is 13.6 Å². The van der Waals surface area contributed by atoms with E-state index in [-0.39, 0.29) is 10.6 Å². The van der Waals surface area contributed by atoms with Crippen molar-refractivity contribution in [3.8, 4) is 0 Å². The number of amides is 1. The van der Waals surface area contributed by atoms with Crippen molar-refractivity contribution in [2.45, 2.75) is 6.42 Å². The highest BCUT2D eigenvalue weighted by atomic mass is 35.5. The van der Waals surface area contributed by atoms with Gasteiger partial charge in [0.1, 0.15) is 0 Å². The molecule has 0 aromatic heterocycles. The van der Waals surface area contributed by atoms with E-state index in [1.54, 1.807) is 0 Å². The van der Waals surface area contributed by atoms with Crippen molar-refractivity contribution in [3.63, 3.8) is 0 Å². The summed E-state index contributed by atoms with van der Waals surface area (Å²) in [5, 5.41) is 2.30. The molecule has 0 aliphatic rings. The van der Waals surface area contributed by atoms with Crippen molar-refractivity contribution in [1.29, 1.82) is 0 Å². The summed E-state index contributed by atoms with van der Waals surface area (Å²) in [5.74, 6) is -3.90. The van der Waals surface area contributed by atoms with Crippen molar-refractivity contribution >= 4 is 23.5 Å². The topological polar surface area (TPSA) is 55.4 Å². The molecule has 0 radical (unpaired) electrons. The smallest absolute Gasteiger partial charge is 0.340 e. The second kappa shape index (κ2) is 8.40. The van der Waals surface area contributed by atoms with Crippen molar-refractivity contribution in [3.05, 3.63) is 70.2 Å². The van der Waals surface area contributed by atoms with Gasteiger partial charge in [0.05, 0.1) is 10.6 Å². The fourth-order valence-corrected chi connectivity index (χ4v) is 2.16. The maximum atomic E-state index is 13.1. The second-order valence-corrected chi connectivity index (χ2v) is 5.32. The number of carbonyl (C=O) groups is 2. The lowest BCUT2D eigenvalue weighted by Gasteiger charge is -2.08. The van der Waals surface area contributed by atoms with E-state index in [1.807, 2.05) is 30.3 Å². The van der Waals surface area contributed by atoms with Gasteiger partial charge in [0, 0.05) is 6.54 Å². The van der Waals surface area contributed by atoms with E-state index in [2.05, 4.69) is 5.32 Å². The molecule has 0 heterocycles. The van der Waals surface area contributed by atoms with Gasteiger partial charge in [-0.3, -0.25) is 4.79 Å². The molecular weight excluding hydrogens is 340 g/mol. The zero-order valence-electron chi connectivity index (χ0n) is 12.5. The fourth-order valence-electron chi connectivity index (χ4n) is 1.93. The maximum absolute atomic E-state index is 13.1. The van der Waals surface area contributed by atoms with Crippen molar-refractivity contribution in [1.82, 2.24) is 5.32 Å². The first-order valence-corrected chi connectivity index (χ1v) is 7.47. The first kappa shape index (κ1) is 17.9. The number of rotatable bonds is 6. The highest BCUT2D eigenvalue weighted by molar-refractivity contribution is 6.33. The Balaban J connectivity index is 1.79. The Morgan fingerprint density at radius 3 is 2.46 bits per heavy atom. The number of hydrogen-bond acceptors (Lipinski definition) is 3. The molecular formula is C17H14ClF2NO3. The second-order valence-electron chi connectivity index (χ2n) is 4.91. The van der Waals surface area contributed by atoms with Crippen molar-refractivity contribution in [2.24, 2.45) is 0 Å². The average molecular weight is 354 g/mol. The van der Waals surface area contributed by atoms with Crippen molar-refractivity contribution in [2.75, 3.05) is 13.2 Å². The molecule has 0 aliphatic heterocycles. The minimum atomic E-state index is -1.22. The molecule has 2 rings (SSSR count). The Morgan fingerprint density at radius 2 is 1.75 bits per heavy atom. The number of carbonyl (C=O) groups excluding carboxylic acids is 2. The molecule has 0 fully saturated rings. The quantitative estimate of drug-likeness (QED) is 0.641. The van der Waals surface area contributed by atoms with Crippen LogP contribution in [-0.2, 0) is 16.0 Å². The Bertz CT molecular complexity index is 738. The van der Waals surface area contributed by atoms with E-state index in [4.69, 9.17) is 16.3 Å². The molecule has 0 saturated carbocycles. The predicted molar refractivity (Wildman–Crippen MR) is 84.8 cm³/mol. The minimum absolute atomic E-state index is 0.289. The fraction of sp³-hybridized carbons (Fsp3) is 0.176. The molecule has 2 aromatic carbocycles. The van der Waals surface area contributed by atoms with Gasteiger partial charge in [-0.1, -0.05) is 41.9 Å². The van der Waals surface area contributed by atoms with E-state index in [1.165, 1.54) is 0 Å². The first-order valence-electron chi connectivity index (χ1n) is 7.09. The Morgan fingerprint density at radius 1 is 1.08 bits per heavy atom. The highest BCUT2D eigenvalue weighted by Crippen LogP contribution is 2.20. The molecule has 4 nitrogen and oxygen atoms in total. The summed E-state index contributed by atoms with van der Waals surface area (Å²) in [4.78, 5) is 23.4. The van der Waals surface area contributed by atoms with Gasteiger partial charge in [0.15, 0.2) is 18.2 Å². The predicted octanol–water partition coefficient (Wildman–Crippen LogP) is 3.13. The van der Waals surface area contributed by atoms with E-state index in [0.29, 0.717) is 25.1 Å². The molecule has 126 valence electrons. The number of halogens is 3. The third-order valence-corrected chi connectivity index (χ3v) is 3.46. The zero-order valence-corrected chi connectivity index (χ0v) is 13.3. The standard InChI is InChI=1S/C17H14ClF2NO3/c18-13-9-15(20)14(19)8-12(13)17(23)24-10-16(22)21-7-6-11-4-2-1-3-5-11/h1-5,8-9H,6-7,10H2,(H,21,22). The minimum Gasteiger partial charge on any atom is -0.452 e. The van der Waals surface area contributed by atoms with Crippen LogP contribution < -0.4 is 5.32 Å². The van der Waals surface area contributed by atoms with E-state index in [0.717, 1.165) is 5.56 Å². The van der Waals surface area contributed by atoms with Crippen LogP contribution in [0.2, 0.25) is 5.02 Å². The van der Waals surface area contributed by atoms with Crippen LogP contribution in [-0.4, -0.2) is 25.0 Å². The average Bonchev–Trinajstić information content (AvgIpc) is 2.57. The Kier molecular flexibility index (Phi) is 6.26. The van der Waals surface area contributed by atoms with Crippen LogP contribution in [0, 0.1) is 11.6 Å². The summed E-state index contributed by atoms with van der Waals surface area (Å²) in [6.45, 7) is -0.157. The zero-order chi connectivity index (χ0) is 17.5.